The smallest absolute Gasteiger partial charge is 0.221 e. The van der Waals surface area contributed by atoms with E-state index < -0.39 is 0 Å². The van der Waals surface area contributed by atoms with Gasteiger partial charge in [-0.05, 0) is 31.5 Å². The second-order valence-electron chi connectivity index (χ2n) is 5.61. The van der Waals surface area contributed by atoms with Gasteiger partial charge in [-0.3, -0.25) is 9.69 Å². The lowest BCUT2D eigenvalue weighted by atomic mass is 10.2. The van der Waals surface area contributed by atoms with Gasteiger partial charge in [0.1, 0.15) is 5.82 Å². The Morgan fingerprint density at radius 3 is 2.54 bits per heavy atom. The molecule has 0 spiro atoms. The molecule has 1 fully saturated rings. The molecule has 3 N–H and O–H groups in total. The van der Waals surface area contributed by atoms with Crippen molar-refractivity contribution in [2.45, 2.75) is 19.3 Å². The molecule has 6 nitrogen and oxygen atoms in total. The van der Waals surface area contributed by atoms with Crippen LogP contribution in [0, 0.1) is 0 Å². The molecule has 0 radical (unpaired) electrons. The summed E-state index contributed by atoms with van der Waals surface area (Å²) in [4.78, 5) is 20.8. The Morgan fingerprint density at radius 2 is 1.92 bits per heavy atom. The lowest BCUT2D eigenvalue weighted by Gasteiger charge is -2.35. The van der Waals surface area contributed by atoms with Crippen LogP contribution < -0.4 is 16.0 Å². The number of pyridine rings is 1. The second kappa shape index (κ2) is 13.2. The van der Waals surface area contributed by atoms with Crippen molar-refractivity contribution >= 4 is 36.5 Å². The van der Waals surface area contributed by atoms with E-state index in [1.807, 2.05) is 24.4 Å². The molecular weight excluding hydrogens is 349 g/mol. The van der Waals surface area contributed by atoms with E-state index in [4.69, 9.17) is 5.73 Å². The number of amides is 1. The predicted molar refractivity (Wildman–Crippen MR) is 103 cm³/mol. The Hall–Kier alpha value is -1.08. The Bertz CT molecular complexity index is 441. The van der Waals surface area contributed by atoms with Crippen molar-refractivity contribution in [1.82, 2.24) is 15.2 Å². The molecule has 0 unspecified atom stereocenters. The first kappa shape index (κ1) is 22.9. The highest BCUT2D eigenvalue weighted by Crippen LogP contribution is 2.12. The van der Waals surface area contributed by atoms with Gasteiger partial charge in [-0.1, -0.05) is 6.07 Å². The minimum absolute atomic E-state index is 0. The minimum Gasteiger partial charge on any atom is -0.356 e. The number of carbonyl (C=O) groups excluding carboxylic acids is 1. The van der Waals surface area contributed by atoms with Crippen molar-refractivity contribution in [3.8, 4) is 0 Å². The van der Waals surface area contributed by atoms with Crippen LogP contribution in [0.15, 0.2) is 24.4 Å². The molecule has 1 aromatic heterocycles. The number of nitrogens with one attached hydrogen (secondary N) is 1. The number of unbranched alkanes of at least 4 members (excludes halogenated alkanes) is 1. The third kappa shape index (κ3) is 8.15. The van der Waals surface area contributed by atoms with E-state index in [0.29, 0.717) is 13.0 Å². The molecule has 1 aromatic rings. The highest BCUT2D eigenvalue weighted by atomic mass is 35.5. The SMILES string of the molecule is Cl.Cl.NCCCCNC(=O)CCN1CCN(c2ccccn2)CC1. The van der Waals surface area contributed by atoms with Gasteiger partial charge < -0.3 is 16.0 Å². The van der Waals surface area contributed by atoms with E-state index in [0.717, 1.165) is 57.9 Å². The fourth-order valence-corrected chi connectivity index (χ4v) is 2.59. The normalized spacial score (nSPS) is 14.5. The maximum atomic E-state index is 11.7. The van der Waals surface area contributed by atoms with E-state index in [9.17, 15) is 4.79 Å². The van der Waals surface area contributed by atoms with E-state index >= 15 is 0 Å². The number of nitrogens with two attached hydrogens (primary N) is 1. The summed E-state index contributed by atoms with van der Waals surface area (Å²) >= 11 is 0. The number of hydrogen-bond acceptors (Lipinski definition) is 5. The van der Waals surface area contributed by atoms with Gasteiger partial charge in [-0.25, -0.2) is 4.98 Å². The van der Waals surface area contributed by atoms with E-state index in [1.165, 1.54) is 0 Å². The summed E-state index contributed by atoms with van der Waals surface area (Å²) in [5, 5.41) is 2.95. The van der Waals surface area contributed by atoms with Crippen molar-refractivity contribution in [2.75, 3.05) is 50.7 Å². The van der Waals surface area contributed by atoms with Crippen LogP contribution in [0.25, 0.3) is 0 Å². The quantitative estimate of drug-likeness (QED) is 0.667. The van der Waals surface area contributed by atoms with Crippen LogP contribution in [0.4, 0.5) is 5.82 Å². The second-order valence-corrected chi connectivity index (χ2v) is 5.61. The number of carbonyl (C=O) groups is 1. The summed E-state index contributed by atoms with van der Waals surface area (Å²) in [6, 6.07) is 6.00. The minimum atomic E-state index is 0. The third-order valence-electron chi connectivity index (χ3n) is 3.95. The van der Waals surface area contributed by atoms with Crippen LogP contribution in [0.5, 0.6) is 0 Å². The molecule has 0 aliphatic carbocycles. The van der Waals surface area contributed by atoms with Gasteiger partial charge in [0, 0.05) is 51.9 Å². The number of anilines is 1. The molecule has 138 valence electrons. The molecule has 2 heterocycles. The number of halogens is 2. The van der Waals surface area contributed by atoms with E-state index in [-0.39, 0.29) is 30.7 Å². The van der Waals surface area contributed by atoms with Crippen LogP contribution in [0.2, 0.25) is 0 Å². The molecule has 1 saturated heterocycles. The number of aromatic nitrogens is 1. The fourth-order valence-electron chi connectivity index (χ4n) is 2.59. The molecule has 0 atom stereocenters. The molecule has 0 bridgehead atoms. The molecular formula is C16H29Cl2N5O. The summed E-state index contributed by atoms with van der Waals surface area (Å²) < 4.78 is 0. The Labute approximate surface area is 157 Å². The van der Waals surface area contributed by atoms with Crippen molar-refractivity contribution in [1.29, 1.82) is 0 Å². The zero-order chi connectivity index (χ0) is 15.6. The summed E-state index contributed by atoms with van der Waals surface area (Å²) in [6.45, 7) is 6.16. The molecule has 24 heavy (non-hydrogen) atoms. The Balaban J connectivity index is 0.00000264. The monoisotopic (exact) mass is 377 g/mol. The molecule has 1 aliphatic rings. The molecule has 0 saturated carbocycles. The molecule has 1 amide bonds. The summed E-state index contributed by atoms with van der Waals surface area (Å²) in [5.41, 5.74) is 5.43. The van der Waals surface area contributed by atoms with E-state index in [1.54, 1.807) is 0 Å². The number of hydrogen-bond donors (Lipinski definition) is 2. The van der Waals surface area contributed by atoms with Crippen molar-refractivity contribution in [2.24, 2.45) is 5.73 Å². The van der Waals surface area contributed by atoms with Crippen LogP contribution in [0.1, 0.15) is 19.3 Å². The number of nitrogens with zero attached hydrogens (tertiary/aromatic N) is 3. The maximum Gasteiger partial charge on any atom is 0.221 e. The van der Waals surface area contributed by atoms with Gasteiger partial charge >= 0.3 is 0 Å². The molecule has 1 aliphatic heterocycles. The summed E-state index contributed by atoms with van der Waals surface area (Å²) in [7, 11) is 0. The van der Waals surface area contributed by atoms with Crippen LogP contribution in [-0.4, -0.2) is 61.6 Å². The number of rotatable bonds is 8. The highest BCUT2D eigenvalue weighted by molar-refractivity contribution is 5.85. The highest BCUT2D eigenvalue weighted by Gasteiger charge is 2.18. The van der Waals surface area contributed by atoms with Gasteiger partial charge in [0.05, 0.1) is 0 Å². The van der Waals surface area contributed by atoms with Crippen molar-refractivity contribution in [3.63, 3.8) is 0 Å². The first-order valence-corrected chi connectivity index (χ1v) is 8.14. The number of piperazine rings is 1. The van der Waals surface area contributed by atoms with Gasteiger partial charge in [-0.15, -0.1) is 24.8 Å². The van der Waals surface area contributed by atoms with Crippen molar-refractivity contribution in [3.05, 3.63) is 24.4 Å². The van der Waals surface area contributed by atoms with Gasteiger partial charge in [0.2, 0.25) is 5.91 Å². The standard InChI is InChI=1S/C16H27N5O.2ClH/c17-7-2-4-9-19-16(22)6-10-20-11-13-21(14-12-20)15-5-1-3-8-18-15;;/h1,3,5,8H,2,4,6-7,9-14,17H2,(H,19,22);2*1H. The van der Waals surface area contributed by atoms with Crippen LogP contribution in [-0.2, 0) is 4.79 Å². The zero-order valence-electron chi connectivity index (χ0n) is 14.0. The first-order chi connectivity index (χ1) is 10.8. The average Bonchev–Trinajstić information content (AvgIpc) is 2.58. The summed E-state index contributed by atoms with van der Waals surface area (Å²) in [6.07, 6.45) is 4.34. The van der Waals surface area contributed by atoms with E-state index in [2.05, 4.69) is 20.1 Å². The lowest BCUT2D eigenvalue weighted by molar-refractivity contribution is -0.121. The zero-order valence-corrected chi connectivity index (χ0v) is 15.7. The average molecular weight is 378 g/mol. The van der Waals surface area contributed by atoms with Gasteiger partial charge in [-0.2, -0.15) is 0 Å². The predicted octanol–water partition coefficient (Wildman–Crippen LogP) is 1.29. The first-order valence-electron chi connectivity index (χ1n) is 8.14. The Morgan fingerprint density at radius 1 is 1.17 bits per heavy atom. The fraction of sp³-hybridized carbons (Fsp3) is 0.625. The lowest BCUT2D eigenvalue weighted by Crippen LogP contribution is -2.47. The Kier molecular flexibility index (Phi) is 12.6. The van der Waals surface area contributed by atoms with Crippen LogP contribution in [0.3, 0.4) is 0 Å². The third-order valence-corrected chi connectivity index (χ3v) is 3.95. The molecule has 0 aromatic carbocycles. The largest absolute Gasteiger partial charge is 0.356 e. The summed E-state index contributed by atoms with van der Waals surface area (Å²) in [5.74, 6) is 1.18. The maximum absolute atomic E-state index is 11.7. The van der Waals surface area contributed by atoms with Gasteiger partial charge in [0.15, 0.2) is 0 Å². The van der Waals surface area contributed by atoms with Gasteiger partial charge in [0.25, 0.3) is 0 Å². The van der Waals surface area contributed by atoms with Crippen LogP contribution >= 0.6 is 24.8 Å². The molecule has 2 rings (SSSR count). The molecule has 8 heteroatoms. The van der Waals surface area contributed by atoms with Crippen molar-refractivity contribution < 1.29 is 4.79 Å². The topological polar surface area (TPSA) is 74.5 Å².